The highest BCUT2D eigenvalue weighted by molar-refractivity contribution is 6.21. The molecule has 0 radical (unpaired) electrons. The Morgan fingerprint density at radius 1 is 1.23 bits per heavy atom. The minimum atomic E-state index is 0.271. The summed E-state index contributed by atoms with van der Waals surface area (Å²) in [5, 5.41) is 0.271. The summed E-state index contributed by atoms with van der Waals surface area (Å²) in [4.78, 5) is 0. The summed E-state index contributed by atoms with van der Waals surface area (Å²) in [7, 11) is 0. The second-order valence-electron chi connectivity index (χ2n) is 3.50. The molecule has 0 saturated heterocycles. The first-order valence-electron chi connectivity index (χ1n) is 4.94. The standard InChI is InChI=1S/C12H17Cl/c1-3-7-12(13)10(2)11-8-5-4-6-9-11/h4-6,8-10,12H,3,7H2,1-2H3. The molecule has 0 aliphatic carbocycles. The van der Waals surface area contributed by atoms with Crippen molar-refractivity contribution in [2.75, 3.05) is 0 Å². The van der Waals surface area contributed by atoms with Crippen LogP contribution in [0.3, 0.4) is 0 Å². The highest BCUT2D eigenvalue weighted by atomic mass is 35.5. The van der Waals surface area contributed by atoms with Gasteiger partial charge in [-0.25, -0.2) is 0 Å². The SMILES string of the molecule is CCCC(Cl)C(C)c1ccccc1. The van der Waals surface area contributed by atoms with Crippen LogP contribution in [0.15, 0.2) is 30.3 Å². The summed E-state index contributed by atoms with van der Waals surface area (Å²) in [5.41, 5.74) is 1.34. The molecule has 0 amide bonds. The van der Waals surface area contributed by atoms with Gasteiger partial charge in [-0.15, -0.1) is 11.6 Å². The van der Waals surface area contributed by atoms with Crippen LogP contribution in [0, 0.1) is 0 Å². The monoisotopic (exact) mass is 196 g/mol. The number of alkyl halides is 1. The molecule has 13 heavy (non-hydrogen) atoms. The maximum absolute atomic E-state index is 6.27. The van der Waals surface area contributed by atoms with E-state index in [9.17, 15) is 0 Å². The fourth-order valence-electron chi connectivity index (χ4n) is 1.49. The van der Waals surface area contributed by atoms with Crippen molar-refractivity contribution >= 4 is 11.6 Å². The van der Waals surface area contributed by atoms with Gasteiger partial charge in [0.2, 0.25) is 0 Å². The van der Waals surface area contributed by atoms with E-state index in [0.717, 1.165) is 12.8 Å². The van der Waals surface area contributed by atoms with Crippen molar-refractivity contribution in [3.8, 4) is 0 Å². The predicted octanol–water partition coefficient (Wildman–Crippen LogP) is 4.20. The maximum atomic E-state index is 6.27. The number of benzene rings is 1. The molecular weight excluding hydrogens is 180 g/mol. The van der Waals surface area contributed by atoms with Crippen LogP contribution in [-0.2, 0) is 0 Å². The highest BCUT2D eigenvalue weighted by Gasteiger charge is 2.14. The van der Waals surface area contributed by atoms with Crippen LogP contribution < -0.4 is 0 Å². The number of halogens is 1. The van der Waals surface area contributed by atoms with Gasteiger partial charge in [-0.05, 0) is 17.9 Å². The predicted molar refractivity (Wildman–Crippen MR) is 59.4 cm³/mol. The smallest absolute Gasteiger partial charge is 0.0401 e. The Bertz CT molecular complexity index is 230. The molecule has 72 valence electrons. The van der Waals surface area contributed by atoms with E-state index >= 15 is 0 Å². The fraction of sp³-hybridized carbons (Fsp3) is 0.500. The van der Waals surface area contributed by atoms with Crippen LogP contribution in [-0.4, -0.2) is 5.38 Å². The molecule has 1 aromatic rings. The third-order valence-electron chi connectivity index (χ3n) is 2.43. The van der Waals surface area contributed by atoms with Gasteiger partial charge in [0.1, 0.15) is 0 Å². The van der Waals surface area contributed by atoms with E-state index in [1.807, 2.05) is 6.07 Å². The maximum Gasteiger partial charge on any atom is 0.0401 e. The zero-order valence-corrected chi connectivity index (χ0v) is 9.09. The van der Waals surface area contributed by atoms with Gasteiger partial charge in [0.15, 0.2) is 0 Å². The van der Waals surface area contributed by atoms with E-state index in [1.54, 1.807) is 0 Å². The first-order chi connectivity index (χ1) is 6.25. The van der Waals surface area contributed by atoms with Gasteiger partial charge in [0.25, 0.3) is 0 Å². The summed E-state index contributed by atoms with van der Waals surface area (Å²) in [5.74, 6) is 0.461. The molecule has 0 saturated carbocycles. The van der Waals surface area contributed by atoms with E-state index in [-0.39, 0.29) is 5.38 Å². The lowest BCUT2D eigenvalue weighted by Crippen LogP contribution is -2.08. The molecule has 0 aromatic heterocycles. The third-order valence-corrected chi connectivity index (χ3v) is 3.03. The van der Waals surface area contributed by atoms with Crippen molar-refractivity contribution in [1.29, 1.82) is 0 Å². The second-order valence-corrected chi connectivity index (χ2v) is 4.06. The molecule has 0 spiro atoms. The molecule has 2 unspecified atom stereocenters. The van der Waals surface area contributed by atoms with Crippen molar-refractivity contribution in [3.05, 3.63) is 35.9 Å². The number of rotatable bonds is 4. The highest BCUT2D eigenvalue weighted by Crippen LogP contribution is 2.25. The second kappa shape index (κ2) is 5.29. The minimum absolute atomic E-state index is 0.271. The molecular formula is C12H17Cl. The van der Waals surface area contributed by atoms with E-state index < -0.39 is 0 Å². The quantitative estimate of drug-likeness (QED) is 0.634. The molecule has 1 aromatic carbocycles. The van der Waals surface area contributed by atoms with Crippen molar-refractivity contribution in [2.24, 2.45) is 0 Å². The van der Waals surface area contributed by atoms with Gasteiger partial charge in [-0.2, -0.15) is 0 Å². The summed E-state index contributed by atoms with van der Waals surface area (Å²) in [6.07, 6.45) is 2.25. The van der Waals surface area contributed by atoms with Gasteiger partial charge in [0, 0.05) is 5.38 Å². The van der Waals surface area contributed by atoms with Gasteiger partial charge in [-0.3, -0.25) is 0 Å². The Labute approximate surface area is 85.9 Å². The van der Waals surface area contributed by atoms with Crippen molar-refractivity contribution in [1.82, 2.24) is 0 Å². The zero-order chi connectivity index (χ0) is 9.68. The lowest BCUT2D eigenvalue weighted by atomic mass is 9.95. The first-order valence-corrected chi connectivity index (χ1v) is 5.38. The average Bonchev–Trinajstić information content (AvgIpc) is 2.18. The van der Waals surface area contributed by atoms with Crippen molar-refractivity contribution < 1.29 is 0 Å². The lowest BCUT2D eigenvalue weighted by molar-refractivity contribution is 0.634. The Balaban J connectivity index is 2.62. The Kier molecular flexibility index (Phi) is 4.31. The first kappa shape index (κ1) is 10.6. The Morgan fingerprint density at radius 3 is 2.38 bits per heavy atom. The average molecular weight is 197 g/mol. The van der Waals surface area contributed by atoms with Gasteiger partial charge in [0.05, 0.1) is 0 Å². The van der Waals surface area contributed by atoms with E-state index in [1.165, 1.54) is 5.56 Å². The summed E-state index contributed by atoms with van der Waals surface area (Å²) < 4.78 is 0. The van der Waals surface area contributed by atoms with Crippen molar-refractivity contribution in [2.45, 2.75) is 38.0 Å². The van der Waals surface area contributed by atoms with Crippen LogP contribution in [0.1, 0.15) is 38.2 Å². The van der Waals surface area contributed by atoms with Gasteiger partial charge in [-0.1, -0.05) is 50.6 Å². The molecule has 0 aliphatic rings. The van der Waals surface area contributed by atoms with E-state index in [2.05, 4.69) is 38.1 Å². The van der Waals surface area contributed by atoms with E-state index in [4.69, 9.17) is 11.6 Å². The van der Waals surface area contributed by atoms with Crippen LogP contribution in [0.5, 0.6) is 0 Å². The largest absolute Gasteiger partial charge is 0.122 e. The summed E-state index contributed by atoms with van der Waals surface area (Å²) >= 11 is 6.27. The molecule has 0 heterocycles. The summed E-state index contributed by atoms with van der Waals surface area (Å²) in [6, 6.07) is 10.5. The topological polar surface area (TPSA) is 0 Å². The molecule has 0 fully saturated rings. The van der Waals surface area contributed by atoms with E-state index in [0.29, 0.717) is 5.92 Å². The molecule has 1 heteroatoms. The molecule has 0 N–H and O–H groups in total. The Morgan fingerprint density at radius 2 is 1.85 bits per heavy atom. The molecule has 0 nitrogen and oxygen atoms in total. The molecule has 0 bridgehead atoms. The minimum Gasteiger partial charge on any atom is -0.122 e. The third kappa shape index (κ3) is 3.04. The van der Waals surface area contributed by atoms with Crippen LogP contribution in [0.2, 0.25) is 0 Å². The Hall–Kier alpha value is -0.490. The number of hydrogen-bond donors (Lipinski definition) is 0. The van der Waals surface area contributed by atoms with Crippen LogP contribution >= 0.6 is 11.6 Å². The van der Waals surface area contributed by atoms with Gasteiger partial charge < -0.3 is 0 Å². The molecule has 2 atom stereocenters. The normalized spacial score (nSPS) is 15.3. The van der Waals surface area contributed by atoms with Crippen molar-refractivity contribution in [3.63, 3.8) is 0 Å². The van der Waals surface area contributed by atoms with Gasteiger partial charge >= 0.3 is 0 Å². The fourth-order valence-corrected chi connectivity index (χ4v) is 1.85. The molecule has 0 aliphatic heterocycles. The number of hydrogen-bond acceptors (Lipinski definition) is 0. The summed E-state index contributed by atoms with van der Waals surface area (Å²) in [6.45, 7) is 4.37. The van der Waals surface area contributed by atoms with Crippen LogP contribution in [0.25, 0.3) is 0 Å². The lowest BCUT2D eigenvalue weighted by Gasteiger charge is -2.17. The van der Waals surface area contributed by atoms with Crippen LogP contribution in [0.4, 0.5) is 0 Å². The molecule has 1 rings (SSSR count). The zero-order valence-electron chi connectivity index (χ0n) is 8.33.